The van der Waals surface area contributed by atoms with Crippen molar-refractivity contribution in [1.29, 1.82) is 0 Å². The summed E-state index contributed by atoms with van der Waals surface area (Å²) in [4.78, 5) is 88.3. The number of ether oxygens (including phenoxy) is 6. The van der Waals surface area contributed by atoms with E-state index in [1.807, 2.05) is 0 Å². The Labute approximate surface area is 394 Å². The number of carbonyl (C=O) groups is 7. The molecule has 3 saturated heterocycles. The van der Waals surface area contributed by atoms with E-state index in [-0.39, 0.29) is 36.2 Å². The maximum Gasteiger partial charge on any atom is 0.341 e. The number of imide groups is 1. The van der Waals surface area contributed by atoms with Crippen molar-refractivity contribution in [2.75, 3.05) is 44.8 Å². The normalized spacial score (nSPS) is 25.5. The minimum Gasteiger partial charge on any atom is -0.479 e. The van der Waals surface area contributed by atoms with Crippen LogP contribution in [-0.4, -0.2) is 164 Å². The lowest BCUT2D eigenvalue weighted by Crippen LogP contribution is -2.60. The number of rotatable bonds is 28. The van der Waals surface area contributed by atoms with Crippen LogP contribution >= 0.6 is 0 Å². The molecule has 4 heterocycles. The number of anilines is 1. The van der Waals surface area contributed by atoms with E-state index in [4.69, 9.17) is 43.7 Å². The topological polar surface area (TPSA) is 344 Å². The van der Waals surface area contributed by atoms with E-state index in [0.717, 1.165) is 57.1 Å². The van der Waals surface area contributed by atoms with E-state index < -0.39 is 128 Å². The van der Waals surface area contributed by atoms with Crippen molar-refractivity contribution in [3.8, 4) is 23.0 Å². The van der Waals surface area contributed by atoms with Crippen LogP contribution in [0.5, 0.6) is 23.0 Å². The van der Waals surface area contributed by atoms with Crippen LogP contribution in [0.2, 0.25) is 0 Å². The number of aliphatic hydroxyl groups is 4. The Morgan fingerprint density at radius 3 is 1.90 bits per heavy atom. The zero-order chi connectivity index (χ0) is 49.8. The van der Waals surface area contributed by atoms with Crippen LogP contribution in [0, 0.1) is 11.8 Å². The predicted molar refractivity (Wildman–Crippen MR) is 234 cm³/mol. The summed E-state index contributed by atoms with van der Waals surface area (Å²) in [7, 11) is 0. The molecule has 23 nitrogen and oxygen atoms in total. The number of aliphatic carboxylic acids is 3. The Kier molecular flexibility index (Phi) is 17.9. The van der Waals surface area contributed by atoms with Crippen LogP contribution in [0.25, 0.3) is 0 Å². The molecular formula is C46H57N3O20. The Morgan fingerprint density at radius 2 is 1.30 bits per heavy atom. The van der Waals surface area contributed by atoms with Gasteiger partial charge in [0, 0.05) is 24.2 Å². The molecule has 23 heteroatoms. The fourth-order valence-corrected chi connectivity index (χ4v) is 8.72. The van der Waals surface area contributed by atoms with Crippen molar-refractivity contribution >= 4 is 47.2 Å². The summed E-state index contributed by atoms with van der Waals surface area (Å²) in [6, 6.07) is 8.44. The summed E-state index contributed by atoms with van der Waals surface area (Å²) in [5, 5.41) is 72.4. The summed E-state index contributed by atoms with van der Waals surface area (Å²) in [5.41, 5.74) is -1.03. The van der Waals surface area contributed by atoms with Gasteiger partial charge in [-0.1, -0.05) is 57.1 Å². The van der Waals surface area contributed by atoms with Gasteiger partial charge in [0.15, 0.2) is 31.3 Å². The number of carboxylic acids is 3. The molecule has 4 unspecified atom stereocenters. The minimum absolute atomic E-state index is 0.149. The first-order valence-electron chi connectivity index (χ1n) is 22.6. The van der Waals surface area contributed by atoms with E-state index in [1.165, 1.54) is 4.90 Å². The number of carbonyl (C=O) groups excluding carboxylic acids is 4. The molecule has 4 aliphatic heterocycles. The summed E-state index contributed by atoms with van der Waals surface area (Å²) >= 11 is 0. The van der Waals surface area contributed by atoms with Crippen LogP contribution in [-0.2, 0) is 38.2 Å². The predicted octanol–water partition coefficient (Wildman–Crippen LogP) is 0.834. The number of unbranched alkanes of at least 4 members (excludes halogenated alkanes) is 8. The first kappa shape index (κ1) is 52.0. The van der Waals surface area contributed by atoms with Gasteiger partial charge in [-0.2, -0.15) is 0 Å². The Morgan fingerprint density at radius 1 is 0.725 bits per heavy atom. The fraction of sp³-hybridized carbons (Fsp3) is 0.543. The van der Waals surface area contributed by atoms with Crippen molar-refractivity contribution < 1.29 is 97.7 Å². The molecule has 0 spiro atoms. The van der Waals surface area contributed by atoms with Gasteiger partial charge < -0.3 is 74.8 Å². The maximum atomic E-state index is 13.8. The van der Waals surface area contributed by atoms with Gasteiger partial charge >= 0.3 is 17.9 Å². The molecule has 0 saturated carbocycles. The lowest BCUT2D eigenvalue weighted by atomic mass is 9.77. The lowest BCUT2D eigenvalue weighted by molar-refractivity contribution is -0.277. The van der Waals surface area contributed by atoms with Crippen LogP contribution in [0.15, 0.2) is 48.6 Å². The lowest BCUT2D eigenvalue weighted by Gasteiger charge is -2.39. The number of nitrogens with one attached hydrogen (secondary N) is 2. The summed E-state index contributed by atoms with van der Waals surface area (Å²) < 4.78 is 32.7. The Balaban J connectivity index is 0.882. The molecule has 0 radical (unpaired) electrons. The van der Waals surface area contributed by atoms with Crippen molar-refractivity contribution in [2.24, 2.45) is 11.8 Å². The average molecular weight is 972 g/mol. The van der Waals surface area contributed by atoms with Crippen molar-refractivity contribution in [1.82, 2.24) is 10.2 Å². The van der Waals surface area contributed by atoms with E-state index in [2.05, 4.69) is 10.6 Å². The number of hydrogen-bond donors (Lipinski definition) is 9. The van der Waals surface area contributed by atoms with Gasteiger partial charge in [0.1, 0.15) is 35.8 Å². The molecule has 9 N–H and O–H groups in total. The van der Waals surface area contributed by atoms with Crippen LogP contribution < -0.4 is 29.6 Å². The number of nitrogens with zero attached hydrogens (tertiary/aromatic N) is 1. The van der Waals surface area contributed by atoms with Crippen LogP contribution in [0.3, 0.4) is 0 Å². The standard InChI is InChI=1S/C46H57N3O20/c50-20-31-38(58)39(59)40(60)45(68-31)67-27-13-11-26(12-14-27)48-32(51)10-8-6-4-2-1-3-5-7-9-17-49-43(62)36-28-15-16-46(69-28,37(36)44(49)63)24-47-42(61)25-18-29(64-21-33(52)53)41(66-23-35(56)57)30(19-25)65-22-34(54)55/h11-16,18-19,28,31,36-40,45,50,58-60H,1-10,17,20-24H2,(H,47,61)(H,48,51)(H,52,53)(H,54,55)(H,56,57)/t28?,31-,36?,37?,38-,39+,40-,45-,46?/m1/s1. The van der Waals surface area contributed by atoms with E-state index in [0.29, 0.717) is 24.9 Å². The summed E-state index contributed by atoms with van der Waals surface area (Å²) in [5.74, 6) is -8.63. The summed E-state index contributed by atoms with van der Waals surface area (Å²) in [6.45, 7) is -3.39. The van der Waals surface area contributed by atoms with Gasteiger partial charge in [-0.15, -0.1) is 0 Å². The number of aliphatic hydroxyl groups excluding tert-OH is 4. The molecule has 6 rings (SSSR count). The monoisotopic (exact) mass is 971 g/mol. The molecular weight excluding hydrogens is 915 g/mol. The highest BCUT2D eigenvalue weighted by Gasteiger charge is 2.67. The highest BCUT2D eigenvalue weighted by atomic mass is 16.7. The number of benzene rings is 2. The molecule has 2 aromatic rings. The van der Waals surface area contributed by atoms with Crippen LogP contribution in [0.4, 0.5) is 5.69 Å². The first-order valence-corrected chi connectivity index (χ1v) is 22.6. The van der Waals surface area contributed by atoms with E-state index in [9.17, 15) is 54.0 Å². The Bertz CT molecular complexity index is 2180. The summed E-state index contributed by atoms with van der Waals surface area (Å²) in [6.07, 6.45) is 3.73. The molecule has 376 valence electrons. The quantitative estimate of drug-likeness (QED) is 0.0324. The van der Waals surface area contributed by atoms with Crippen molar-refractivity contribution in [3.05, 3.63) is 54.1 Å². The second kappa shape index (κ2) is 23.8. The number of likely N-dealkylation sites (tertiary alicyclic amines) is 1. The molecule has 69 heavy (non-hydrogen) atoms. The highest BCUT2D eigenvalue weighted by molar-refractivity contribution is 6.07. The molecule has 0 aromatic heterocycles. The number of carboxylic acid groups (broad SMARTS) is 3. The van der Waals surface area contributed by atoms with Gasteiger partial charge in [0.05, 0.1) is 31.1 Å². The molecule has 0 aliphatic carbocycles. The number of amides is 4. The van der Waals surface area contributed by atoms with Gasteiger partial charge in [-0.25, -0.2) is 14.4 Å². The third-order valence-corrected chi connectivity index (χ3v) is 12.1. The zero-order valence-electron chi connectivity index (χ0n) is 37.4. The van der Waals surface area contributed by atoms with Crippen molar-refractivity contribution in [2.45, 2.75) is 107 Å². The smallest absolute Gasteiger partial charge is 0.341 e. The molecule has 3 fully saturated rings. The first-order chi connectivity index (χ1) is 33.0. The largest absolute Gasteiger partial charge is 0.479 e. The molecule has 4 aliphatic rings. The number of hydrogen-bond acceptors (Lipinski definition) is 17. The van der Waals surface area contributed by atoms with Crippen LogP contribution in [0.1, 0.15) is 74.6 Å². The Hall–Kier alpha value is -6.37. The third kappa shape index (κ3) is 13.0. The van der Waals surface area contributed by atoms with Gasteiger partial charge in [0.2, 0.25) is 29.8 Å². The van der Waals surface area contributed by atoms with Crippen molar-refractivity contribution in [3.63, 3.8) is 0 Å². The maximum absolute atomic E-state index is 13.8. The average Bonchev–Trinajstić information content (AvgIpc) is 3.97. The van der Waals surface area contributed by atoms with Gasteiger partial charge in [0.25, 0.3) is 5.91 Å². The second-order valence-corrected chi connectivity index (χ2v) is 17.1. The highest BCUT2D eigenvalue weighted by Crippen LogP contribution is 2.51. The molecule has 4 amide bonds. The van der Waals surface area contributed by atoms with Gasteiger partial charge in [-0.3, -0.25) is 24.1 Å². The van der Waals surface area contributed by atoms with Gasteiger partial charge in [-0.05, 0) is 49.2 Å². The fourth-order valence-electron chi connectivity index (χ4n) is 8.72. The molecule has 9 atom stereocenters. The number of fused-ring (bicyclic) bond motifs is 5. The zero-order valence-corrected chi connectivity index (χ0v) is 37.4. The second-order valence-electron chi connectivity index (χ2n) is 17.1. The molecule has 2 bridgehead atoms. The third-order valence-electron chi connectivity index (χ3n) is 12.1. The minimum atomic E-state index is -1.57. The van der Waals surface area contributed by atoms with E-state index in [1.54, 1.807) is 36.4 Å². The molecule has 2 aromatic carbocycles. The van der Waals surface area contributed by atoms with E-state index >= 15 is 0 Å². The SMILES string of the molecule is O=C(O)COc1cc(C(=O)NCC23C=CC(O2)C2C(=O)N(CCCCCCCCCCCC(=O)Nc4ccc(O[C@@H]5O[C@H](CO)[C@@H](O)[C@H](O)[C@H]5O)cc4)C(=O)C23)cc(OCC(=O)O)c1OCC(=O)O.